The Balaban J connectivity index is 2.86. The van der Waals surface area contributed by atoms with E-state index in [1.54, 1.807) is 12.1 Å². The molecular weight excluding hydrogens is 231 g/mol. The van der Waals surface area contributed by atoms with Crippen LogP contribution < -0.4 is 0 Å². The van der Waals surface area contributed by atoms with E-state index in [9.17, 15) is 13.2 Å². The third-order valence-corrected chi connectivity index (χ3v) is 2.21. The van der Waals surface area contributed by atoms with Crippen molar-refractivity contribution in [3.8, 4) is 0 Å². The number of ether oxygens (including phenoxy) is 1. The van der Waals surface area contributed by atoms with E-state index in [1.807, 2.05) is 19.0 Å². The molecule has 0 fully saturated rings. The second-order valence-electron chi connectivity index (χ2n) is 4.04. The first-order valence-corrected chi connectivity index (χ1v) is 5.00. The zero-order valence-corrected chi connectivity index (χ0v) is 9.66. The van der Waals surface area contributed by atoms with Crippen LogP contribution in [0.4, 0.5) is 13.2 Å². The molecule has 0 amide bonds. The van der Waals surface area contributed by atoms with Crippen LogP contribution in [0.3, 0.4) is 0 Å². The number of hydrogen-bond donors (Lipinski definition) is 0. The molecule has 0 saturated heterocycles. The van der Waals surface area contributed by atoms with Gasteiger partial charge >= 0.3 is 6.18 Å². The van der Waals surface area contributed by atoms with Gasteiger partial charge in [0, 0.05) is 6.54 Å². The highest BCUT2D eigenvalue weighted by Crippen LogP contribution is 2.35. The van der Waals surface area contributed by atoms with Crippen molar-refractivity contribution >= 4 is 0 Å². The normalized spacial score (nSPS) is 14.1. The maximum Gasteiger partial charge on any atom is 0.418 e. The van der Waals surface area contributed by atoms with Crippen molar-refractivity contribution in [1.82, 2.24) is 4.90 Å². The fourth-order valence-electron chi connectivity index (χ4n) is 1.51. The zero-order chi connectivity index (χ0) is 13.1. The molecule has 0 aliphatic carbocycles. The first-order valence-electron chi connectivity index (χ1n) is 5.00. The van der Waals surface area contributed by atoms with Crippen LogP contribution in [-0.2, 0) is 11.3 Å². The summed E-state index contributed by atoms with van der Waals surface area (Å²) in [6, 6.07) is 6.02. The minimum atomic E-state index is -4.50. The summed E-state index contributed by atoms with van der Waals surface area (Å²) >= 11 is 0. The highest BCUT2D eigenvalue weighted by Gasteiger charge is 2.41. The van der Waals surface area contributed by atoms with E-state index >= 15 is 0 Å². The van der Waals surface area contributed by atoms with Gasteiger partial charge in [0.1, 0.15) is 7.11 Å². The topological polar surface area (TPSA) is 12.5 Å². The molecule has 0 aliphatic rings. The van der Waals surface area contributed by atoms with E-state index in [4.69, 9.17) is 0 Å². The van der Waals surface area contributed by atoms with Gasteiger partial charge in [0.05, 0.1) is 0 Å². The zero-order valence-electron chi connectivity index (χ0n) is 9.66. The molecule has 1 rings (SSSR count). The summed E-state index contributed by atoms with van der Waals surface area (Å²) in [5, 5.41) is 0. The van der Waals surface area contributed by atoms with E-state index in [0.29, 0.717) is 6.54 Å². The Kier molecular flexibility index (Phi) is 4.54. The predicted molar refractivity (Wildman–Crippen MR) is 58.0 cm³/mol. The van der Waals surface area contributed by atoms with Gasteiger partial charge in [-0.1, -0.05) is 24.3 Å². The smallest absolute Gasteiger partial charge is 0.355 e. The van der Waals surface area contributed by atoms with Crippen LogP contribution >= 0.6 is 0 Å². The standard InChI is InChI=1S/C12H14F3NO/c1-16(2)8-9-4-6-10(7-5-9)11(17-3)12(13,14)15/h3-7,11H,8H2,1-2H3. The molecule has 0 saturated carbocycles. The largest absolute Gasteiger partial charge is 0.418 e. The average Bonchev–Trinajstić information content (AvgIpc) is 2.18. The van der Waals surface area contributed by atoms with Gasteiger partial charge in [-0.05, 0) is 25.2 Å². The van der Waals surface area contributed by atoms with Gasteiger partial charge in [-0.25, -0.2) is 0 Å². The summed E-state index contributed by atoms with van der Waals surface area (Å²) in [7, 11) is 8.45. The maximum atomic E-state index is 12.5. The van der Waals surface area contributed by atoms with Crippen molar-refractivity contribution in [2.24, 2.45) is 0 Å². The van der Waals surface area contributed by atoms with Crippen LogP contribution in [0.5, 0.6) is 0 Å². The van der Waals surface area contributed by atoms with Gasteiger partial charge in [-0.2, -0.15) is 13.2 Å². The molecule has 0 bridgehead atoms. The van der Waals surface area contributed by atoms with Crippen molar-refractivity contribution in [1.29, 1.82) is 0 Å². The fourth-order valence-corrected chi connectivity index (χ4v) is 1.51. The average molecular weight is 245 g/mol. The Labute approximate surface area is 99.0 Å². The Bertz CT molecular complexity index is 346. The molecule has 2 radical (unpaired) electrons. The molecule has 0 N–H and O–H groups in total. The van der Waals surface area contributed by atoms with Gasteiger partial charge < -0.3 is 9.64 Å². The molecule has 0 spiro atoms. The highest BCUT2D eigenvalue weighted by atomic mass is 19.4. The Morgan fingerprint density at radius 1 is 1.24 bits per heavy atom. The summed E-state index contributed by atoms with van der Waals surface area (Å²) in [5.74, 6) is 0. The molecule has 0 aliphatic heterocycles. The summed E-state index contributed by atoms with van der Waals surface area (Å²) in [4.78, 5) is 1.93. The Hall–Kier alpha value is -1.07. The molecule has 2 nitrogen and oxygen atoms in total. The van der Waals surface area contributed by atoms with Crippen LogP contribution in [0.2, 0.25) is 0 Å². The number of alkyl halides is 3. The maximum absolute atomic E-state index is 12.5. The van der Waals surface area contributed by atoms with Gasteiger partial charge in [-0.3, -0.25) is 0 Å². The summed E-state index contributed by atoms with van der Waals surface area (Å²) in [5.41, 5.74) is 0.930. The first kappa shape index (κ1) is 14.0. The number of nitrogens with zero attached hydrogens (tertiary/aromatic N) is 1. The molecular formula is C12H14F3NO. The second kappa shape index (κ2) is 5.51. The number of rotatable bonds is 4. The number of benzene rings is 1. The third kappa shape index (κ3) is 4.02. The minimum absolute atomic E-state index is 0.00232. The van der Waals surface area contributed by atoms with Gasteiger partial charge in [0.25, 0.3) is 0 Å². The lowest BCUT2D eigenvalue weighted by Crippen LogP contribution is -2.21. The summed E-state index contributed by atoms with van der Waals surface area (Å²) < 4.78 is 41.5. The van der Waals surface area contributed by atoms with Crippen molar-refractivity contribution in [2.75, 3.05) is 14.1 Å². The molecule has 94 valence electrons. The lowest BCUT2D eigenvalue weighted by molar-refractivity contribution is -0.209. The van der Waals surface area contributed by atoms with E-state index in [-0.39, 0.29) is 5.56 Å². The fraction of sp³-hybridized carbons (Fsp3) is 0.417. The first-order chi connectivity index (χ1) is 7.84. The lowest BCUT2D eigenvalue weighted by atomic mass is 10.1. The molecule has 1 aromatic rings. The summed E-state index contributed by atoms with van der Waals surface area (Å²) in [6.45, 7) is 0.667. The van der Waals surface area contributed by atoms with Crippen molar-refractivity contribution in [2.45, 2.75) is 18.8 Å². The molecule has 0 aromatic heterocycles. The molecule has 17 heavy (non-hydrogen) atoms. The SMILES string of the molecule is [CH]OC(c1ccc(CN(C)C)cc1)C(F)(F)F. The molecule has 1 unspecified atom stereocenters. The molecule has 1 aromatic carbocycles. The molecule has 1 atom stereocenters. The van der Waals surface area contributed by atoms with Crippen molar-refractivity contribution in [3.05, 3.63) is 42.5 Å². The lowest BCUT2D eigenvalue weighted by Gasteiger charge is -2.19. The van der Waals surface area contributed by atoms with E-state index < -0.39 is 12.3 Å². The quantitative estimate of drug-likeness (QED) is 0.808. The number of halogens is 3. The Morgan fingerprint density at radius 3 is 2.12 bits per heavy atom. The van der Waals surface area contributed by atoms with Crippen molar-refractivity contribution < 1.29 is 17.9 Å². The van der Waals surface area contributed by atoms with Crippen LogP contribution in [0, 0.1) is 7.11 Å². The third-order valence-electron chi connectivity index (χ3n) is 2.21. The van der Waals surface area contributed by atoms with Crippen LogP contribution in [0.15, 0.2) is 24.3 Å². The van der Waals surface area contributed by atoms with Gasteiger partial charge in [0.2, 0.25) is 0 Å². The van der Waals surface area contributed by atoms with Gasteiger partial charge in [0.15, 0.2) is 6.10 Å². The molecule has 0 heterocycles. The van der Waals surface area contributed by atoms with E-state index in [0.717, 1.165) is 5.56 Å². The van der Waals surface area contributed by atoms with Crippen LogP contribution in [0.1, 0.15) is 17.2 Å². The van der Waals surface area contributed by atoms with Crippen molar-refractivity contribution in [3.63, 3.8) is 0 Å². The van der Waals surface area contributed by atoms with Gasteiger partial charge in [-0.15, -0.1) is 0 Å². The van der Waals surface area contributed by atoms with E-state index in [1.165, 1.54) is 12.1 Å². The number of hydrogen-bond acceptors (Lipinski definition) is 2. The minimum Gasteiger partial charge on any atom is -0.355 e. The van der Waals surface area contributed by atoms with Crippen LogP contribution in [-0.4, -0.2) is 25.2 Å². The molecule has 5 heteroatoms. The predicted octanol–water partition coefficient (Wildman–Crippen LogP) is 3.04. The van der Waals surface area contributed by atoms with E-state index in [2.05, 4.69) is 11.8 Å². The Morgan fingerprint density at radius 2 is 1.76 bits per heavy atom. The highest BCUT2D eigenvalue weighted by molar-refractivity contribution is 5.25. The monoisotopic (exact) mass is 245 g/mol. The summed E-state index contributed by atoms with van der Waals surface area (Å²) in [6.07, 6.45) is -6.58. The van der Waals surface area contributed by atoms with Crippen LogP contribution in [0.25, 0.3) is 0 Å². The second-order valence-corrected chi connectivity index (χ2v) is 4.04.